The van der Waals surface area contributed by atoms with E-state index < -0.39 is 6.36 Å². The highest BCUT2D eigenvalue weighted by molar-refractivity contribution is 6.29. The van der Waals surface area contributed by atoms with Crippen LogP contribution in [0.1, 0.15) is 31.4 Å². The first-order valence-electron chi connectivity index (χ1n) is 9.11. The van der Waals surface area contributed by atoms with Gasteiger partial charge in [-0.15, -0.1) is 23.4 Å². The summed E-state index contributed by atoms with van der Waals surface area (Å²) in [6, 6.07) is 8.53. The number of piperidine rings is 1. The molecule has 0 unspecified atom stereocenters. The second kappa shape index (κ2) is 8.86. The van der Waals surface area contributed by atoms with Crippen LogP contribution in [0.15, 0.2) is 36.4 Å². The van der Waals surface area contributed by atoms with E-state index in [4.69, 9.17) is 11.6 Å². The number of carbonyl (C=O) groups excluding carboxylic acids is 1. The summed E-state index contributed by atoms with van der Waals surface area (Å²) in [6.45, 7) is 3.06. The molecule has 0 radical (unpaired) electrons. The summed E-state index contributed by atoms with van der Waals surface area (Å²) in [5.74, 6) is 0.0308. The molecule has 156 valence electrons. The largest absolute Gasteiger partial charge is 0.573 e. The first-order chi connectivity index (χ1) is 13.7. The van der Waals surface area contributed by atoms with Crippen LogP contribution < -0.4 is 15.0 Å². The Balaban J connectivity index is 1.58. The topological polar surface area (TPSA) is 67.4 Å². The van der Waals surface area contributed by atoms with Crippen molar-refractivity contribution in [1.82, 2.24) is 15.5 Å². The smallest absolute Gasteiger partial charge is 0.406 e. The summed E-state index contributed by atoms with van der Waals surface area (Å²) in [6.07, 6.45) is -3.16. The summed E-state index contributed by atoms with van der Waals surface area (Å²) in [7, 11) is 0. The summed E-state index contributed by atoms with van der Waals surface area (Å²) in [5, 5.41) is 11.1. The molecule has 29 heavy (non-hydrogen) atoms. The van der Waals surface area contributed by atoms with Gasteiger partial charge < -0.3 is 15.0 Å². The third-order valence-corrected chi connectivity index (χ3v) is 4.91. The van der Waals surface area contributed by atoms with E-state index >= 15 is 0 Å². The molecule has 0 saturated carbocycles. The zero-order chi connectivity index (χ0) is 21.0. The lowest BCUT2D eigenvalue weighted by Crippen LogP contribution is -2.44. The van der Waals surface area contributed by atoms with Crippen molar-refractivity contribution in [2.75, 3.05) is 18.0 Å². The lowest BCUT2D eigenvalue weighted by Gasteiger charge is -2.33. The van der Waals surface area contributed by atoms with E-state index in [1.807, 2.05) is 4.90 Å². The predicted octanol–water partition coefficient (Wildman–Crippen LogP) is 4.12. The van der Waals surface area contributed by atoms with Crippen molar-refractivity contribution in [2.45, 2.75) is 32.2 Å². The molecule has 1 saturated heterocycles. The average Bonchev–Trinajstić information content (AvgIpc) is 2.68. The molecule has 0 aliphatic carbocycles. The lowest BCUT2D eigenvalue weighted by atomic mass is 9.96. The van der Waals surface area contributed by atoms with Crippen molar-refractivity contribution in [3.63, 3.8) is 0 Å². The number of ether oxygens (including phenoxy) is 1. The number of alkyl halides is 3. The van der Waals surface area contributed by atoms with Gasteiger partial charge in [0.2, 0.25) is 5.91 Å². The molecule has 6 nitrogen and oxygen atoms in total. The van der Waals surface area contributed by atoms with Gasteiger partial charge >= 0.3 is 6.36 Å². The fraction of sp³-hybridized carbons (Fsp3) is 0.421. The van der Waals surface area contributed by atoms with Gasteiger partial charge in [-0.1, -0.05) is 23.7 Å². The normalized spacial score (nSPS) is 18.2. The lowest BCUT2D eigenvalue weighted by molar-refractivity contribution is -0.274. The summed E-state index contributed by atoms with van der Waals surface area (Å²) in [4.78, 5) is 14.7. The van der Waals surface area contributed by atoms with Crippen molar-refractivity contribution in [2.24, 2.45) is 5.92 Å². The Hall–Kier alpha value is -2.55. The Bertz CT molecular complexity index is 831. The number of rotatable bonds is 5. The number of anilines is 1. The molecule has 2 atom stereocenters. The van der Waals surface area contributed by atoms with Gasteiger partial charge in [-0.3, -0.25) is 4.79 Å². The number of carbonyl (C=O) groups is 1. The van der Waals surface area contributed by atoms with Crippen LogP contribution in [0, 0.1) is 5.92 Å². The molecule has 1 aliphatic rings. The highest BCUT2D eigenvalue weighted by atomic mass is 35.5. The fourth-order valence-electron chi connectivity index (χ4n) is 3.25. The van der Waals surface area contributed by atoms with Crippen molar-refractivity contribution >= 4 is 23.3 Å². The minimum absolute atomic E-state index is 0.111. The Kier molecular flexibility index (Phi) is 6.46. The van der Waals surface area contributed by atoms with Crippen LogP contribution in [-0.4, -0.2) is 35.6 Å². The third kappa shape index (κ3) is 5.96. The highest BCUT2D eigenvalue weighted by Gasteiger charge is 2.31. The van der Waals surface area contributed by atoms with Crippen LogP contribution in [0.3, 0.4) is 0 Å². The summed E-state index contributed by atoms with van der Waals surface area (Å²) in [5.41, 5.74) is 0.684. The molecule has 1 aliphatic heterocycles. The van der Waals surface area contributed by atoms with E-state index in [-0.39, 0.29) is 23.6 Å². The van der Waals surface area contributed by atoms with Crippen LogP contribution in [0.4, 0.5) is 19.0 Å². The van der Waals surface area contributed by atoms with E-state index in [1.165, 1.54) is 24.3 Å². The Morgan fingerprint density at radius 2 is 1.97 bits per heavy atom. The number of halogens is 4. The first-order valence-corrected chi connectivity index (χ1v) is 9.49. The minimum atomic E-state index is -4.73. The predicted molar refractivity (Wildman–Crippen MR) is 102 cm³/mol. The van der Waals surface area contributed by atoms with Crippen molar-refractivity contribution in [3.05, 3.63) is 47.1 Å². The molecule has 2 heterocycles. The molecule has 1 aromatic heterocycles. The number of amides is 1. The molecule has 2 aromatic rings. The van der Waals surface area contributed by atoms with Crippen LogP contribution in [0.25, 0.3) is 0 Å². The van der Waals surface area contributed by atoms with Crippen LogP contribution >= 0.6 is 11.6 Å². The number of nitrogens with zero attached hydrogens (tertiary/aromatic N) is 3. The summed E-state index contributed by atoms with van der Waals surface area (Å²) >= 11 is 5.77. The van der Waals surface area contributed by atoms with Crippen molar-refractivity contribution in [3.8, 4) is 5.75 Å². The zero-order valence-corrected chi connectivity index (χ0v) is 16.4. The van der Waals surface area contributed by atoms with Crippen molar-refractivity contribution < 1.29 is 22.7 Å². The number of benzene rings is 1. The monoisotopic (exact) mass is 428 g/mol. The molecule has 1 fully saturated rings. The Morgan fingerprint density at radius 1 is 1.24 bits per heavy atom. The van der Waals surface area contributed by atoms with Gasteiger partial charge in [0, 0.05) is 13.1 Å². The van der Waals surface area contributed by atoms with Gasteiger partial charge in [-0.2, -0.15) is 0 Å². The molecular formula is C19H20ClF3N4O2. The Labute approximate surface area is 171 Å². The van der Waals surface area contributed by atoms with Gasteiger partial charge in [0.15, 0.2) is 11.0 Å². The van der Waals surface area contributed by atoms with Crippen LogP contribution in [0.5, 0.6) is 5.75 Å². The van der Waals surface area contributed by atoms with Gasteiger partial charge in [0.1, 0.15) is 5.75 Å². The van der Waals surface area contributed by atoms with Gasteiger partial charge in [-0.25, -0.2) is 0 Å². The van der Waals surface area contributed by atoms with E-state index in [2.05, 4.69) is 20.3 Å². The van der Waals surface area contributed by atoms with E-state index in [0.29, 0.717) is 23.1 Å². The number of nitrogens with one attached hydrogen (secondary N) is 1. The van der Waals surface area contributed by atoms with Crippen LogP contribution in [0.2, 0.25) is 5.15 Å². The maximum Gasteiger partial charge on any atom is 0.573 e. The maximum absolute atomic E-state index is 12.7. The molecule has 10 heteroatoms. The summed E-state index contributed by atoms with van der Waals surface area (Å²) < 4.78 is 40.6. The quantitative estimate of drug-likeness (QED) is 0.775. The first kappa shape index (κ1) is 21.2. The van der Waals surface area contributed by atoms with Gasteiger partial charge in [0.25, 0.3) is 0 Å². The molecular weight excluding hydrogens is 409 g/mol. The molecule has 1 N–H and O–H groups in total. The molecule has 0 spiro atoms. The van der Waals surface area contributed by atoms with Crippen LogP contribution in [-0.2, 0) is 4.79 Å². The molecule has 0 bridgehead atoms. The minimum Gasteiger partial charge on any atom is -0.406 e. The third-order valence-electron chi connectivity index (χ3n) is 4.71. The number of hydrogen-bond donors (Lipinski definition) is 1. The number of hydrogen-bond acceptors (Lipinski definition) is 5. The molecule has 3 rings (SSSR count). The zero-order valence-electron chi connectivity index (χ0n) is 15.6. The molecule has 1 amide bonds. The second-order valence-corrected chi connectivity index (χ2v) is 7.23. The highest BCUT2D eigenvalue weighted by Crippen LogP contribution is 2.26. The fourth-order valence-corrected chi connectivity index (χ4v) is 3.35. The standard InChI is InChI=1S/C19H20ClF3N4O2/c1-12(13-4-6-15(7-5-13)29-19(21,22)23)24-18(28)14-3-2-10-27(11-14)17-9-8-16(20)25-26-17/h4-9,12,14H,2-3,10-11H2,1H3,(H,24,28)/t12-,14-/m1/s1. The maximum atomic E-state index is 12.7. The number of aromatic nitrogens is 2. The van der Waals surface area contributed by atoms with E-state index in [1.54, 1.807) is 19.1 Å². The molecule has 1 aromatic carbocycles. The van der Waals surface area contributed by atoms with Gasteiger partial charge in [-0.05, 0) is 49.6 Å². The second-order valence-electron chi connectivity index (χ2n) is 6.85. The SMILES string of the molecule is C[C@@H](NC(=O)[C@@H]1CCCN(c2ccc(Cl)nn2)C1)c1ccc(OC(F)(F)F)cc1. The van der Waals surface area contributed by atoms with Gasteiger partial charge in [0.05, 0.1) is 12.0 Å². The Morgan fingerprint density at radius 3 is 2.59 bits per heavy atom. The average molecular weight is 429 g/mol. The van der Waals surface area contributed by atoms with E-state index in [9.17, 15) is 18.0 Å². The van der Waals surface area contributed by atoms with Crippen molar-refractivity contribution in [1.29, 1.82) is 0 Å². The van der Waals surface area contributed by atoms with E-state index in [0.717, 1.165) is 19.4 Å².